The summed E-state index contributed by atoms with van der Waals surface area (Å²) in [7, 11) is 0. The Bertz CT molecular complexity index is 516. The van der Waals surface area contributed by atoms with Crippen LogP contribution in [0, 0.1) is 5.41 Å². The van der Waals surface area contributed by atoms with E-state index in [-0.39, 0.29) is 12.0 Å². The minimum atomic E-state index is -0.00463. The van der Waals surface area contributed by atoms with Crippen LogP contribution in [0.2, 0.25) is 5.02 Å². The van der Waals surface area contributed by atoms with E-state index in [1.807, 2.05) is 31.2 Å². The van der Waals surface area contributed by atoms with Gasteiger partial charge in [0.15, 0.2) is 5.96 Å². The van der Waals surface area contributed by atoms with Crippen molar-refractivity contribution in [2.24, 2.45) is 10.4 Å². The molecular formula is C17H26ClN3O2. The number of nitrogens with zero attached hydrogens (tertiary/aromatic N) is 1. The molecule has 0 aliphatic carbocycles. The molecule has 1 heterocycles. The van der Waals surface area contributed by atoms with Gasteiger partial charge in [-0.25, -0.2) is 4.99 Å². The Labute approximate surface area is 143 Å². The molecular weight excluding hydrogens is 314 g/mol. The van der Waals surface area contributed by atoms with Gasteiger partial charge >= 0.3 is 0 Å². The predicted molar refractivity (Wildman–Crippen MR) is 93.8 cm³/mol. The first-order valence-corrected chi connectivity index (χ1v) is 8.51. The highest BCUT2D eigenvalue weighted by atomic mass is 35.5. The fraction of sp³-hybridized carbons (Fsp3) is 0.588. The van der Waals surface area contributed by atoms with Crippen LogP contribution in [-0.2, 0) is 11.3 Å². The molecule has 3 N–H and O–H groups in total. The number of benzene rings is 1. The summed E-state index contributed by atoms with van der Waals surface area (Å²) >= 11 is 6.17. The largest absolute Gasteiger partial charge is 0.396 e. The van der Waals surface area contributed by atoms with Crippen LogP contribution < -0.4 is 10.6 Å². The number of ether oxygens (including phenoxy) is 1. The molecule has 128 valence electrons. The molecule has 5 nitrogen and oxygen atoms in total. The number of hydrogen-bond acceptors (Lipinski definition) is 3. The second-order valence-electron chi connectivity index (χ2n) is 5.92. The molecule has 1 atom stereocenters. The number of aliphatic imine (C=N–C) groups is 1. The lowest BCUT2D eigenvalue weighted by Crippen LogP contribution is -2.44. The van der Waals surface area contributed by atoms with Gasteiger partial charge in [-0.2, -0.15) is 0 Å². The van der Waals surface area contributed by atoms with Crippen molar-refractivity contribution in [2.75, 3.05) is 32.9 Å². The number of aliphatic hydroxyl groups excluding tert-OH is 1. The Kier molecular flexibility index (Phi) is 7.15. The summed E-state index contributed by atoms with van der Waals surface area (Å²) in [6.45, 7) is 5.71. The Balaban J connectivity index is 1.97. The maximum Gasteiger partial charge on any atom is 0.191 e. The first-order chi connectivity index (χ1) is 11.2. The van der Waals surface area contributed by atoms with Crippen molar-refractivity contribution in [3.8, 4) is 0 Å². The molecule has 0 saturated carbocycles. The third-order valence-corrected chi connectivity index (χ3v) is 4.54. The molecule has 1 aliphatic heterocycles. The Morgan fingerprint density at radius 1 is 1.39 bits per heavy atom. The Hall–Kier alpha value is -1.30. The van der Waals surface area contributed by atoms with Gasteiger partial charge in [-0.1, -0.05) is 29.8 Å². The molecule has 0 amide bonds. The molecule has 23 heavy (non-hydrogen) atoms. The van der Waals surface area contributed by atoms with E-state index in [4.69, 9.17) is 16.3 Å². The second kappa shape index (κ2) is 9.11. The first kappa shape index (κ1) is 18.0. The van der Waals surface area contributed by atoms with Gasteiger partial charge in [-0.15, -0.1) is 0 Å². The number of halogens is 1. The van der Waals surface area contributed by atoms with E-state index in [0.29, 0.717) is 13.2 Å². The molecule has 6 heteroatoms. The van der Waals surface area contributed by atoms with Gasteiger partial charge in [0, 0.05) is 36.7 Å². The van der Waals surface area contributed by atoms with Gasteiger partial charge in [0.1, 0.15) is 0 Å². The molecule has 1 saturated heterocycles. The van der Waals surface area contributed by atoms with Gasteiger partial charge in [-0.05, 0) is 31.4 Å². The van der Waals surface area contributed by atoms with Crippen molar-refractivity contribution in [1.29, 1.82) is 0 Å². The minimum Gasteiger partial charge on any atom is -0.396 e. The highest BCUT2D eigenvalue weighted by molar-refractivity contribution is 6.31. The van der Waals surface area contributed by atoms with Gasteiger partial charge < -0.3 is 20.5 Å². The number of hydrogen-bond donors (Lipinski definition) is 3. The highest BCUT2D eigenvalue weighted by Crippen LogP contribution is 2.31. The lowest BCUT2D eigenvalue weighted by molar-refractivity contribution is 0.127. The summed E-state index contributed by atoms with van der Waals surface area (Å²) in [5.74, 6) is 0.761. The van der Waals surface area contributed by atoms with Gasteiger partial charge in [0.2, 0.25) is 0 Å². The van der Waals surface area contributed by atoms with Crippen LogP contribution in [0.1, 0.15) is 25.3 Å². The SMILES string of the molecule is CCNC(=NCc1ccccc1Cl)NCC1(CCO)CCOC1. The lowest BCUT2D eigenvalue weighted by atomic mass is 9.84. The smallest absolute Gasteiger partial charge is 0.191 e. The normalized spacial score (nSPS) is 21.4. The number of nitrogens with one attached hydrogen (secondary N) is 2. The number of rotatable bonds is 7. The first-order valence-electron chi connectivity index (χ1n) is 8.13. The maximum atomic E-state index is 9.30. The van der Waals surface area contributed by atoms with E-state index in [2.05, 4.69) is 15.6 Å². The van der Waals surface area contributed by atoms with Crippen molar-refractivity contribution >= 4 is 17.6 Å². The predicted octanol–water partition coefficient (Wildman–Crippen LogP) is 2.18. The van der Waals surface area contributed by atoms with Crippen LogP contribution in [0.3, 0.4) is 0 Å². The van der Waals surface area contributed by atoms with Crippen LogP contribution in [0.25, 0.3) is 0 Å². The average molecular weight is 340 g/mol. The zero-order chi connectivity index (χ0) is 16.5. The minimum absolute atomic E-state index is 0.00463. The Morgan fingerprint density at radius 2 is 2.22 bits per heavy atom. The zero-order valence-electron chi connectivity index (χ0n) is 13.6. The summed E-state index contributed by atoms with van der Waals surface area (Å²) in [5.41, 5.74) is 0.996. The second-order valence-corrected chi connectivity index (χ2v) is 6.32. The van der Waals surface area contributed by atoms with Crippen molar-refractivity contribution in [3.63, 3.8) is 0 Å². The zero-order valence-corrected chi connectivity index (χ0v) is 14.4. The number of guanidine groups is 1. The van der Waals surface area contributed by atoms with Crippen molar-refractivity contribution < 1.29 is 9.84 Å². The molecule has 0 aromatic heterocycles. The van der Waals surface area contributed by atoms with Crippen molar-refractivity contribution in [2.45, 2.75) is 26.3 Å². The Morgan fingerprint density at radius 3 is 2.87 bits per heavy atom. The summed E-state index contributed by atoms with van der Waals surface area (Å²) in [6, 6.07) is 7.73. The van der Waals surface area contributed by atoms with E-state index < -0.39 is 0 Å². The lowest BCUT2D eigenvalue weighted by Gasteiger charge is -2.27. The van der Waals surface area contributed by atoms with Crippen LogP contribution >= 0.6 is 11.6 Å². The molecule has 0 bridgehead atoms. The van der Waals surface area contributed by atoms with E-state index in [1.54, 1.807) is 0 Å². The summed E-state index contributed by atoms with van der Waals surface area (Å²) in [6.07, 6.45) is 1.70. The van der Waals surface area contributed by atoms with Crippen LogP contribution in [0.4, 0.5) is 0 Å². The third kappa shape index (κ3) is 5.37. The molecule has 1 unspecified atom stereocenters. The van der Waals surface area contributed by atoms with Gasteiger partial charge in [-0.3, -0.25) is 0 Å². The van der Waals surface area contributed by atoms with E-state index >= 15 is 0 Å². The third-order valence-electron chi connectivity index (χ3n) is 4.17. The topological polar surface area (TPSA) is 65.9 Å². The van der Waals surface area contributed by atoms with E-state index in [0.717, 1.165) is 49.1 Å². The highest BCUT2D eigenvalue weighted by Gasteiger charge is 2.34. The van der Waals surface area contributed by atoms with Gasteiger partial charge in [0.25, 0.3) is 0 Å². The fourth-order valence-electron chi connectivity index (χ4n) is 2.72. The van der Waals surface area contributed by atoms with Gasteiger partial charge in [0.05, 0.1) is 13.2 Å². The fourth-order valence-corrected chi connectivity index (χ4v) is 2.91. The molecule has 1 fully saturated rings. The van der Waals surface area contributed by atoms with Crippen LogP contribution in [0.5, 0.6) is 0 Å². The standard InChI is InChI=1S/C17H26ClN3O2/c1-2-19-16(20-11-14-5-3-4-6-15(14)18)21-12-17(7-9-22)8-10-23-13-17/h3-6,22H,2,7-13H2,1H3,(H2,19,20,21). The molecule has 0 radical (unpaired) electrons. The van der Waals surface area contributed by atoms with E-state index in [1.165, 1.54) is 0 Å². The van der Waals surface area contributed by atoms with Crippen molar-refractivity contribution in [3.05, 3.63) is 34.9 Å². The molecule has 1 aliphatic rings. The quantitative estimate of drug-likeness (QED) is 0.526. The average Bonchev–Trinajstić information content (AvgIpc) is 3.01. The summed E-state index contributed by atoms with van der Waals surface area (Å²) in [4.78, 5) is 4.60. The summed E-state index contributed by atoms with van der Waals surface area (Å²) in [5, 5.41) is 16.7. The molecule has 0 spiro atoms. The van der Waals surface area contributed by atoms with E-state index in [9.17, 15) is 5.11 Å². The maximum absolute atomic E-state index is 9.30. The van der Waals surface area contributed by atoms with Crippen LogP contribution in [0.15, 0.2) is 29.3 Å². The number of aliphatic hydroxyl groups is 1. The van der Waals surface area contributed by atoms with Crippen molar-refractivity contribution in [1.82, 2.24) is 10.6 Å². The molecule has 1 aromatic carbocycles. The monoisotopic (exact) mass is 339 g/mol. The van der Waals surface area contributed by atoms with Crippen LogP contribution in [-0.4, -0.2) is 44.0 Å². The summed E-state index contributed by atoms with van der Waals surface area (Å²) < 4.78 is 5.52. The molecule has 2 rings (SSSR count). The molecule has 1 aromatic rings.